The molecule has 0 aliphatic carbocycles. The average Bonchev–Trinajstić information content (AvgIpc) is 3.16. The molecule has 0 bridgehead atoms. The quantitative estimate of drug-likeness (QED) is 0.689. The molecule has 1 aromatic carbocycles. The highest BCUT2D eigenvalue weighted by Crippen LogP contribution is 2.29. The van der Waals surface area contributed by atoms with E-state index < -0.39 is 0 Å². The van der Waals surface area contributed by atoms with E-state index in [0.717, 1.165) is 16.3 Å². The van der Waals surface area contributed by atoms with Gasteiger partial charge in [-0.3, -0.25) is 15.1 Å². The summed E-state index contributed by atoms with van der Waals surface area (Å²) in [5.74, 6) is 0.432. The second kappa shape index (κ2) is 8.27. The zero-order chi connectivity index (χ0) is 20.2. The molecule has 0 atom stereocenters. The molecular weight excluding hydrogens is 390 g/mol. The number of methoxy groups -OCH3 is 1. The maximum absolute atomic E-state index is 12.6. The van der Waals surface area contributed by atoms with Crippen LogP contribution in [0.3, 0.4) is 0 Å². The lowest BCUT2D eigenvalue weighted by atomic mass is 10.2. The van der Waals surface area contributed by atoms with E-state index >= 15 is 0 Å². The SMILES string of the molecule is COc1ccc(NC(=O)N2CCc3nc(NC(=O)c4ccccn4)sc3C2)cc1. The summed E-state index contributed by atoms with van der Waals surface area (Å²) >= 11 is 1.38. The minimum absolute atomic E-state index is 0.173. The summed E-state index contributed by atoms with van der Waals surface area (Å²) in [6.07, 6.45) is 2.21. The number of nitrogens with zero attached hydrogens (tertiary/aromatic N) is 3. The number of benzene rings is 1. The second-order valence-electron chi connectivity index (χ2n) is 6.39. The zero-order valence-electron chi connectivity index (χ0n) is 15.7. The van der Waals surface area contributed by atoms with Gasteiger partial charge in [0.15, 0.2) is 5.13 Å². The van der Waals surface area contributed by atoms with Gasteiger partial charge in [-0.1, -0.05) is 17.4 Å². The molecule has 0 unspecified atom stereocenters. The van der Waals surface area contributed by atoms with Crippen LogP contribution in [0.25, 0.3) is 0 Å². The van der Waals surface area contributed by atoms with Crippen LogP contribution in [-0.2, 0) is 13.0 Å². The standard InChI is InChI=1S/C20H19N5O3S/c1-28-14-7-5-13(6-8-14)22-20(27)25-11-9-15-17(12-25)29-19(23-15)24-18(26)16-4-2-3-10-21-16/h2-8,10H,9,11-12H2,1H3,(H,22,27)(H,23,24,26). The van der Waals surface area contributed by atoms with E-state index in [2.05, 4.69) is 20.6 Å². The van der Waals surface area contributed by atoms with Crippen molar-refractivity contribution in [3.63, 3.8) is 0 Å². The van der Waals surface area contributed by atoms with Crippen LogP contribution in [0.2, 0.25) is 0 Å². The Labute approximate surface area is 171 Å². The highest BCUT2D eigenvalue weighted by molar-refractivity contribution is 7.15. The fourth-order valence-corrected chi connectivity index (χ4v) is 3.98. The van der Waals surface area contributed by atoms with E-state index in [1.165, 1.54) is 11.3 Å². The Morgan fingerprint density at radius 2 is 1.97 bits per heavy atom. The number of pyridine rings is 1. The van der Waals surface area contributed by atoms with Crippen molar-refractivity contribution >= 4 is 34.1 Å². The smallest absolute Gasteiger partial charge is 0.322 e. The van der Waals surface area contributed by atoms with Gasteiger partial charge in [0, 0.05) is 29.7 Å². The topological polar surface area (TPSA) is 96.5 Å². The Hall–Kier alpha value is -3.46. The summed E-state index contributed by atoms with van der Waals surface area (Å²) in [5, 5.41) is 6.19. The minimum atomic E-state index is -0.300. The van der Waals surface area contributed by atoms with Crippen molar-refractivity contribution in [2.24, 2.45) is 0 Å². The Balaban J connectivity index is 1.39. The summed E-state index contributed by atoms with van der Waals surface area (Å²) in [5.41, 5.74) is 1.95. The number of hydrogen-bond acceptors (Lipinski definition) is 6. The minimum Gasteiger partial charge on any atom is -0.497 e. The molecule has 8 nitrogen and oxygen atoms in total. The van der Waals surface area contributed by atoms with E-state index in [-0.39, 0.29) is 11.9 Å². The maximum Gasteiger partial charge on any atom is 0.322 e. The van der Waals surface area contributed by atoms with Gasteiger partial charge in [0.1, 0.15) is 11.4 Å². The monoisotopic (exact) mass is 409 g/mol. The summed E-state index contributed by atoms with van der Waals surface area (Å²) in [4.78, 5) is 36.1. The molecule has 2 N–H and O–H groups in total. The van der Waals surface area contributed by atoms with Crippen molar-refractivity contribution in [2.75, 3.05) is 24.3 Å². The van der Waals surface area contributed by atoms with Crippen molar-refractivity contribution in [2.45, 2.75) is 13.0 Å². The van der Waals surface area contributed by atoms with Crippen LogP contribution < -0.4 is 15.4 Å². The number of thiazole rings is 1. The molecule has 29 heavy (non-hydrogen) atoms. The lowest BCUT2D eigenvalue weighted by Gasteiger charge is -2.26. The van der Waals surface area contributed by atoms with E-state index in [1.807, 2.05) is 0 Å². The van der Waals surface area contributed by atoms with Gasteiger partial charge in [-0.2, -0.15) is 0 Å². The van der Waals surface area contributed by atoms with Crippen molar-refractivity contribution < 1.29 is 14.3 Å². The van der Waals surface area contributed by atoms with Crippen LogP contribution in [-0.4, -0.2) is 40.5 Å². The molecule has 0 saturated heterocycles. The zero-order valence-corrected chi connectivity index (χ0v) is 16.5. The highest BCUT2D eigenvalue weighted by Gasteiger charge is 2.25. The number of anilines is 2. The molecule has 0 radical (unpaired) electrons. The third-order valence-electron chi connectivity index (χ3n) is 4.48. The number of hydrogen-bond donors (Lipinski definition) is 2. The lowest BCUT2D eigenvalue weighted by Crippen LogP contribution is -2.38. The molecule has 1 aliphatic heterocycles. The number of nitrogens with one attached hydrogen (secondary N) is 2. The Bertz CT molecular complexity index is 1020. The first-order chi connectivity index (χ1) is 14.1. The van der Waals surface area contributed by atoms with E-state index in [0.29, 0.717) is 36.0 Å². The van der Waals surface area contributed by atoms with Gasteiger partial charge < -0.3 is 15.0 Å². The van der Waals surface area contributed by atoms with Crippen LogP contribution in [0.5, 0.6) is 5.75 Å². The van der Waals surface area contributed by atoms with Crippen LogP contribution >= 0.6 is 11.3 Å². The first-order valence-electron chi connectivity index (χ1n) is 9.03. The van der Waals surface area contributed by atoms with Gasteiger partial charge in [-0.25, -0.2) is 9.78 Å². The maximum atomic E-state index is 12.6. The van der Waals surface area contributed by atoms with Crippen LogP contribution in [0, 0.1) is 0 Å². The summed E-state index contributed by atoms with van der Waals surface area (Å²) < 4.78 is 5.12. The molecule has 0 saturated carbocycles. The first kappa shape index (κ1) is 18.9. The van der Waals surface area contributed by atoms with Crippen molar-refractivity contribution in [3.8, 4) is 5.75 Å². The molecule has 4 rings (SSSR count). The second-order valence-corrected chi connectivity index (χ2v) is 7.47. The van der Waals surface area contributed by atoms with Gasteiger partial charge in [0.25, 0.3) is 5.91 Å². The fraction of sp³-hybridized carbons (Fsp3) is 0.200. The fourth-order valence-electron chi connectivity index (χ4n) is 2.96. The average molecular weight is 409 g/mol. The molecule has 148 valence electrons. The molecule has 1 aliphatic rings. The third-order valence-corrected chi connectivity index (χ3v) is 5.48. The molecule has 3 aromatic rings. The normalized spacial score (nSPS) is 12.8. The van der Waals surface area contributed by atoms with Gasteiger partial charge in [0.2, 0.25) is 0 Å². The van der Waals surface area contributed by atoms with E-state index in [1.54, 1.807) is 60.7 Å². The number of fused-ring (bicyclic) bond motifs is 1. The number of amides is 3. The molecule has 0 spiro atoms. The highest BCUT2D eigenvalue weighted by atomic mass is 32.1. The van der Waals surface area contributed by atoms with E-state index in [9.17, 15) is 9.59 Å². The largest absolute Gasteiger partial charge is 0.497 e. The van der Waals surface area contributed by atoms with Crippen LogP contribution in [0.15, 0.2) is 48.7 Å². The number of ether oxygens (including phenoxy) is 1. The molecule has 2 aromatic heterocycles. The lowest BCUT2D eigenvalue weighted by molar-refractivity contribution is 0.102. The third kappa shape index (κ3) is 4.35. The number of carbonyl (C=O) groups excluding carboxylic acids is 2. The Morgan fingerprint density at radius 3 is 2.69 bits per heavy atom. The Kier molecular flexibility index (Phi) is 5.39. The number of aromatic nitrogens is 2. The molecule has 3 amide bonds. The first-order valence-corrected chi connectivity index (χ1v) is 9.85. The predicted octanol–water partition coefficient (Wildman–Crippen LogP) is 3.39. The molecule has 0 fully saturated rings. The summed E-state index contributed by atoms with van der Waals surface area (Å²) in [7, 11) is 1.60. The van der Waals surface area contributed by atoms with Gasteiger partial charge in [0.05, 0.1) is 19.3 Å². The number of carbonyl (C=O) groups is 2. The molecule has 9 heteroatoms. The Morgan fingerprint density at radius 1 is 1.14 bits per heavy atom. The van der Waals surface area contributed by atoms with Gasteiger partial charge in [-0.15, -0.1) is 0 Å². The molecular formula is C20H19N5O3S. The van der Waals surface area contributed by atoms with Crippen molar-refractivity contribution in [3.05, 3.63) is 64.9 Å². The predicted molar refractivity (Wildman–Crippen MR) is 110 cm³/mol. The van der Waals surface area contributed by atoms with Gasteiger partial charge >= 0.3 is 6.03 Å². The van der Waals surface area contributed by atoms with Crippen LogP contribution in [0.1, 0.15) is 21.1 Å². The van der Waals surface area contributed by atoms with Crippen LogP contribution in [0.4, 0.5) is 15.6 Å². The van der Waals surface area contributed by atoms with E-state index in [4.69, 9.17) is 4.74 Å². The van der Waals surface area contributed by atoms with Crippen molar-refractivity contribution in [1.29, 1.82) is 0 Å². The molecule has 3 heterocycles. The van der Waals surface area contributed by atoms with Crippen molar-refractivity contribution in [1.82, 2.24) is 14.9 Å². The summed E-state index contributed by atoms with van der Waals surface area (Å²) in [6.45, 7) is 1.01. The summed E-state index contributed by atoms with van der Waals surface area (Å²) in [6, 6.07) is 12.2. The number of rotatable bonds is 4. The van der Waals surface area contributed by atoms with Gasteiger partial charge in [-0.05, 0) is 36.4 Å². The number of urea groups is 1.